The average molecular weight is 420 g/mol. The Morgan fingerprint density at radius 2 is 1.79 bits per heavy atom. The van der Waals surface area contributed by atoms with E-state index in [0.717, 1.165) is 56.4 Å². The molecular formula is C24H37NO3S. The SMILES string of the molecule is CCCC(C#N)CCC1CC(CCC)CCC1COS(=O)(=O)c1ccc(C)cc1. The predicted octanol–water partition coefficient (Wildman–Crippen LogP) is 6.25. The molecule has 0 aromatic heterocycles. The Kier molecular flexibility index (Phi) is 9.65. The van der Waals surface area contributed by atoms with Crippen molar-refractivity contribution in [2.24, 2.45) is 23.7 Å². The second-order valence-electron chi connectivity index (χ2n) is 8.73. The molecule has 1 aliphatic rings. The number of hydrogen-bond donors (Lipinski definition) is 0. The molecule has 1 fully saturated rings. The smallest absolute Gasteiger partial charge is 0.266 e. The minimum Gasteiger partial charge on any atom is -0.266 e. The molecule has 2 rings (SSSR count). The summed E-state index contributed by atoms with van der Waals surface area (Å²) in [5.74, 6) is 1.54. The number of hydrogen-bond acceptors (Lipinski definition) is 4. The number of aryl methyl sites for hydroxylation is 1. The van der Waals surface area contributed by atoms with Crippen molar-refractivity contribution in [2.45, 2.75) is 83.5 Å². The first-order valence-electron chi connectivity index (χ1n) is 11.2. The predicted molar refractivity (Wildman–Crippen MR) is 117 cm³/mol. The average Bonchev–Trinajstić information content (AvgIpc) is 2.71. The van der Waals surface area contributed by atoms with Crippen LogP contribution in [0, 0.1) is 41.9 Å². The van der Waals surface area contributed by atoms with Crippen molar-refractivity contribution in [3.63, 3.8) is 0 Å². The van der Waals surface area contributed by atoms with Crippen LogP contribution >= 0.6 is 0 Å². The summed E-state index contributed by atoms with van der Waals surface area (Å²) >= 11 is 0. The van der Waals surface area contributed by atoms with Gasteiger partial charge in [0, 0.05) is 5.92 Å². The molecule has 0 heterocycles. The van der Waals surface area contributed by atoms with Crippen molar-refractivity contribution in [2.75, 3.05) is 6.61 Å². The summed E-state index contributed by atoms with van der Waals surface area (Å²) in [4.78, 5) is 0.229. The van der Waals surface area contributed by atoms with Gasteiger partial charge in [-0.1, -0.05) is 57.2 Å². The van der Waals surface area contributed by atoms with E-state index in [0.29, 0.717) is 5.92 Å². The molecule has 0 amide bonds. The van der Waals surface area contributed by atoms with Gasteiger partial charge in [0.05, 0.1) is 17.6 Å². The van der Waals surface area contributed by atoms with Crippen LogP contribution in [0.3, 0.4) is 0 Å². The monoisotopic (exact) mass is 419 g/mol. The summed E-state index contributed by atoms with van der Waals surface area (Å²) in [6, 6.07) is 9.27. The molecular weight excluding hydrogens is 382 g/mol. The summed E-state index contributed by atoms with van der Waals surface area (Å²) in [6.45, 7) is 6.54. The second kappa shape index (κ2) is 11.7. The van der Waals surface area contributed by atoms with Crippen LogP contribution in [0.25, 0.3) is 0 Å². The topological polar surface area (TPSA) is 67.2 Å². The highest BCUT2D eigenvalue weighted by Gasteiger charge is 2.32. The van der Waals surface area contributed by atoms with Gasteiger partial charge in [-0.15, -0.1) is 0 Å². The lowest BCUT2D eigenvalue weighted by Crippen LogP contribution is -2.29. The van der Waals surface area contributed by atoms with Crippen LogP contribution in [0.4, 0.5) is 0 Å². The Morgan fingerprint density at radius 3 is 2.41 bits per heavy atom. The zero-order valence-electron chi connectivity index (χ0n) is 18.3. The number of benzene rings is 1. The molecule has 4 unspecified atom stereocenters. The molecule has 1 aromatic rings. The maximum Gasteiger partial charge on any atom is 0.296 e. The molecule has 0 aliphatic heterocycles. The van der Waals surface area contributed by atoms with Gasteiger partial charge in [0.2, 0.25) is 0 Å². The molecule has 29 heavy (non-hydrogen) atoms. The van der Waals surface area contributed by atoms with E-state index >= 15 is 0 Å². The van der Waals surface area contributed by atoms with Crippen molar-refractivity contribution in [1.82, 2.24) is 0 Å². The van der Waals surface area contributed by atoms with Crippen molar-refractivity contribution < 1.29 is 12.6 Å². The third kappa shape index (κ3) is 7.42. The van der Waals surface area contributed by atoms with Gasteiger partial charge in [-0.2, -0.15) is 13.7 Å². The fraction of sp³-hybridized carbons (Fsp3) is 0.708. The van der Waals surface area contributed by atoms with Gasteiger partial charge in [-0.05, 0) is 68.9 Å². The van der Waals surface area contributed by atoms with Crippen LogP contribution in [0.5, 0.6) is 0 Å². The normalized spacial score (nSPS) is 23.4. The van der Waals surface area contributed by atoms with E-state index in [1.807, 2.05) is 6.92 Å². The third-order valence-electron chi connectivity index (χ3n) is 6.40. The maximum atomic E-state index is 12.6. The molecule has 1 aromatic carbocycles. The lowest BCUT2D eigenvalue weighted by atomic mass is 9.70. The van der Waals surface area contributed by atoms with Crippen LogP contribution in [0.1, 0.15) is 77.2 Å². The molecule has 0 bridgehead atoms. The molecule has 0 N–H and O–H groups in total. The van der Waals surface area contributed by atoms with Crippen LogP contribution in [0.2, 0.25) is 0 Å². The lowest BCUT2D eigenvalue weighted by Gasteiger charge is -2.36. The summed E-state index contributed by atoms with van der Waals surface area (Å²) in [5.41, 5.74) is 1.03. The van der Waals surface area contributed by atoms with E-state index in [4.69, 9.17) is 4.18 Å². The van der Waals surface area contributed by atoms with Gasteiger partial charge in [-0.3, -0.25) is 4.18 Å². The molecule has 0 radical (unpaired) electrons. The highest BCUT2D eigenvalue weighted by atomic mass is 32.2. The first-order chi connectivity index (χ1) is 13.9. The van der Waals surface area contributed by atoms with Crippen LogP contribution in [0.15, 0.2) is 29.2 Å². The van der Waals surface area contributed by atoms with E-state index in [1.54, 1.807) is 24.3 Å². The van der Waals surface area contributed by atoms with E-state index in [1.165, 1.54) is 12.8 Å². The molecule has 4 atom stereocenters. The van der Waals surface area contributed by atoms with Gasteiger partial charge in [0.1, 0.15) is 0 Å². The van der Waals surface area contributed by atoms with Crippen molar-refractivity contribution >= 4 is 10.1 Å². The van der Waals surface area contributed by atoms with Gasteiger partial charge >= 0.3 is 0 Å². The number of nitrogens with zero attached hydrogens (tertiary/aromatic N) is 1. The Hall–Kier alpha value is -1.38. The minimum atomic E-state index is -3.72. The Balaban J connectivity index is 2.01. The first kappa shape index (κ1) is 23.9. The van der Waals surface area contributed by atoms with E-state index in [-0.39, 0.29) is 23.3 Å². The second-order valence-corrected chi connectivity index (χ2v) is 10.3. The highest BCUT2D eigenvalue weighted by Crippen LogP contribution is 2.40. The van der Waals surface area contributed by atoms with Crippen LogP contribution in [-0.4, -0.2) is 15.0 Å². The van der Waals surface area contributed by atoms with Gasteiger partial charge in [-0.25, -0.2) is 0 Å². The van der Waals surface area contributed by atoms with Gasteiger partial charge < -0.3 is 0 Å². The first-order valence-corrected chi connectivity index (χ1v) is 12.7. The Labute approximate surface area is 177 Å². The molecule has 5 heteroatoms. The summed E-state index contributed by atoms with van der Waals surface area (Å²) in [6.07, 6.45) is 9.62. The summed E-state index contributed by atoms with van der Waals surface area (Å²) < 4.78 is 30.7. The lowest BCUT2D eigenvalue weighted by molar-refractivity contribution is 0.108. The molecule has 0 saturated heterocycles. The molecule has 162 valence electrons. The third-order valence-corrected chi connectivity index (χ3v) is 7.69. The van der Waals surface area contributed by atoms with E-state index in [9.17, 15) is 13.7 Å². The Bertz CT molecular complexity index is 751. The number of nitriles is 1. The van der Waals surface area contributed by atoms with E-state index in [2.05, 4.69) is 19.9 Å². The largest absolute Gasteiger partial charge is 0.296 e. The molecule has 1 aliphatic carbocycles. The highest BCUT2D eigenvalue weighted by molar-refractivity contribution is 7.86. The quantitative estimate of drug-likeness (QED) is 0.397. The van der Waals surface area contributed by atoms with Crippen molar-refractivity contribution in [3.8, 4) is 6.07 Å². The zero-order chi connectivity index (χ0) is 21.3. The van der Waals surface area contributed by atoms with Crippen LogP contribution < -0.4 is 0 Å². The molecule has 4 nitrogen and oxygen atoms in total. The number of rotatable bonds is 11. The summed E-state index contributed by atoms with van der Waals surface area (Å²) in [7, 11) is -3.72. The Morgan fingerprint density at radius 1 is 1.07 bits per heavy atom. The van der Waals surface area contributed by atoms with Gasteiger partial charge in [0.15, 0.2) is 0 Å². The fourth-order valence-corrected chi connectivity index (χ4v) is 5.61. The van der Waals surface area contributed by atoms with Crippen LogP contribution in [-0.2, 0) is 14.3 Å². The zero-order valence-corrected chi connectivity index (χ0v) is 19.1. The standard InChI is InChI=1S/C24H37NO3S/c1-4-6-20-10-13-23(22(16-20)12-11-21(17-25)7-5-2)18-28-29(26,27)24-14-8-19(3)9-15-24/h8-9,14-15,20-23H,4-7,10-13,16,18H2,1-3H3. The minimum absolute atomic E-state index is 0.115. The van der Waals surface area contributed by atoms with Gasteiger partial charge in [0.25, 0.3) is 10.1 Å². The summed E-state index contributed by atoms with van der Waals surface area (Å²) in [5, 5.41) is 9.39. The van der Waals surface area contributed by atoms with Crippen molar-refractivity contribution in [3.05, 3.63) is 29.8 Å². The maximum absolute atomic E-state index is 12.6. The van der Waals surface area contributed by atoms with Crippen molar-refractivity contribution in [1.29, 1.82) is 5.26 Å². The molecule has 0 spiro atoms. The molecule has 1 saturated carbocycles. The van der Waals surface area contributed by atoms with E-state index < -0.39 is 10.1 Å². The fourth-order valence-electron chi connectivity index (χ4n) is 4.65.